The molecular weight excluding hydrogens is 296 g/mol. The van der Waals surface area contributed by atoms with E-state index in [-0.39, 0.29) is 5.82 Å². The van der Waals surface area contributed by atoms with Crippen molar-refractivity contribution < 1.29 is 8.42 Å². The smallest absolute Gasteiger partial charge is 0.264 e. The van der Waals surface area contributed by atoms with E-state index in [0.717, 1.165) is 17.0 Å². The van der Waals surface area contributed by atoms with Gasteiger partial charge in [0.05, 0.1) is 0 Å². The first-order chi connectivity index (χ1) is 9.54. The number of thiophene rings is 1. The fraction of sp³-hybridized carbons (Fsp3) is 0.333. The predicted octanol–water partition coefficient (Wildman–Crippen LogP) is 1.76. The normalized spacial score (nSPS) is 11.5. The molecule has 2 aromatic heterocycles. The van der Waals surface area contributed by atoms with Crippen molar-refractivity contribution >= 4 is 27.2 Å². The molecule has 2 aromatic rings. The summed E-state index contributed by atoms with van der Waals surface area (Å²) in [6.07, 6.45) is 1.49. The molecule has 0 saturated carbocycles. The minimum Gasteiger partial charge on any atom is -0.312 e. The van der Waals surface area contributed by atoms with Crippen LogP contribution in [0.5, 0.6) is 0 Å². The first kappa shape index (κ1) is 14.9. The molecule has 0 radical (unpaired) electrons. The van der Waals surface area contributed by atoms with Crippen molar-refractivity contribution in [3.63, 3.8) is 0 Å². The number of nitrogens with zero attached hydrogens (tertiary/aromatic N) is 2. The van der Waals surface area contributed by atoms with E-state index in [1.54, 1.807) is 19.1 Å². The molecule has 8 heteroatoms. The van der Waals surface area contributed by atoms with Crippen molar-refractivity contribution in [2.75, 3.05) is 11.3 Å². The van der Waals surface area contributed by atoms with Gasteiger partial charge in [-0.1, -0.05) is 6.92 Å². The van der Waals surface area contributed by atoms with Crippen LogP contribution in [0.3, 0.4) is 0 Å². The highest BCUT2D eigenvalue weighted by Gasteiger charge is 2.23. The number of aryl methyl sites for hydroxylation is 1. The second-order valence-corrected chi connectivity index (χ2v) is 6.75. The molecule has 0 aliphatic heterocycles. The summed E-state index contributed by atoms with van der Waals surface area (Å²) in [5.74, 6) is 0.215. The van der Waals surface area contributed by atoms with Crippen LogP contribution in [-0.2, 0) is 16.6 Å². The lowest BCUT2D eigenvalue weighted by Crippen LogP contribution is -2.18. The zero-order valence-corrected chi connectivity index (χ0v) is 12.9. The van der Waals surface area contributed by atoms with Gasteiger partial charge in [0, 0.05) is 17.6 Å². The SMILES string of the molecule is CCNCc1scc(C)c1S(=O)(=O)Nc1cccnn1. The molecule has 6 nitrogen and oxygen atoms in total. The molecule has 0 amide bonds. The highest BCUT2D eigenvalue weighted by Crippen LogP contribution is 2.28. The lowest BCUT2D eigenvalue weighted by Gasteiger charge is -2.09. The van der Waals surface area contributed by atoms with Crippen LogP contribution in [0.15, 0.2) is 28.6 Å². The number of aromatic nitrogens is 2. The number of rotatable bonds is 6. The average Bonchev–Trinajstić information content (AvgIpc) is 2.79. The van der Waals surface area contributed by atoms with Crippen LogP contribution in [0.2, 0.25) is 0 Å². The Balaban J connectivity index is 2.32. The molecule has 0 saturated heterocycles. The molecule has 2 N–H and O–H groups in total. The molecular formula is C12H16N4O2S2. The molecule has 0 spiro atoms. The Bertz CT molecular complexity index is 668. The van der Waals surface area contributed by atoms with Crippen LogP contribution in [-0.4, -0.2) is 25.2 Å². The molecule has 0 bridgehead atoms. The van der Waals surface area contributed by atoms with E-state index >= 15 is 0 Å². The van der Waals surface area contributed by atoms with Gasteiger partial charge in [-0.05, 0) is 36.5 Å². The minimum absolute atomic E-state index is 0.215. The minimum atomic E-state index is -3.64. The van der Waals surface area contributed by atoms with Crippen molar-refractivity contribution in [2.24, 2.45) is 0 Å². The topological polar surface area (TPSA) is 84.0 Å². The fourth-order valence-electron chi connectivity index (χ4n) is 1.75. The highest BCUT2D eigenvalue weighted by atomic mass is 32.2. The molecule has 0 aliphatic rings. The summed E-state index contributed by atoms with van der Waals surface area (Å²) in [6.45, 7) is 5.09. The quantitative estimate of drug-likeness (QED) is 0.849. The van der Waals surface area contributed by atoms with E-state index in [0.29, 0.717) is 11.4 Å². The maximum Gasteiger partial charge on any atom is 0.264 e. The summed E-state index contributed by atoms with van der Waals surface area (Å²) in [7, 11) is -3.64. The van der Waals surface area contributed by atoms with Gasteiger partial charge in [0.25, 0.3) is 10.0 Å². The monoisotopic (exact) mass is 312 g/mol. The molecule has 0 fully saturated rings. The van der Waals surface area contributed by atoms with Gasteiger partial charge in [-0.25, -0.2) is 8.42 Å². The van der Waals surface area contributed by atoms with Gasteiger partial charge in [0.15, 0.2) is 5.82 Å². The van der Waals surface area contributed by atoms with Gasteiger partial charge in [-0.15, -0.1) is 16.4 Å². The molecule has 0 atom stereocenters. The Morgan fingerprint density at radius 2 is 2.20 bits per heavy atom. The van der Waals surface area contributed by atoms with Gasteiger partial charge in [-0.3, -0.25) is 4.72 Å². The molecule has 108 valence electrons. The highest BCUT2D eigenvalue weighted by molar-refractivity contribution is 7.93. The Labute approximate surface area is 122 Å². The Morgan fingerprint density at radius 1 is 1.40 bits per heavy atom. The summed E-state index contributed by atoms with van der Waals surface area (Å²) in [5.41, 5.74) is 0.735. The summed E-state index contributed by atoms with van der Waals surface area (Å²) in [5, 5.41) is 12.4. The summed E-state index contributed by atoms with van der Waals surface area (Å²) >= 11 is 1.44. The number of nitrogens with one attached hydrogen (secondary N) is 2. The van der Waals surface area contributed by atoms with Gasteiger partial charge < -0.3 is 5.32 Å². The first-order valence-corrected chi connectivity index (χ1v) is 8.49. The maximum absolute atomic E-state index is 12.5. The van der Waals surface area contributed by atoms with Gasteiger partial charge in [0.1, 0.15) is 4.90 Å². The van der Waals surface area contributed by atoms with E-state index in [1.165, 1.54) is 17.5 Å². The van der Waals surface area contributed by atoms with Crippen molar-refractivity contribution in [2.45, 2.75) is 25.3 Å². The third-order valence-corrected chi connectivity index (χ3v) is 5.42. The van der Waals surface area contributed by atoms with Crippen LogP contribution >= 0.6 is 11.3 Å². The standard InChI is InChI=1S/C12H16N4O2S2/c1-3-13-7-10-12(9(2)8-19-10)20(17,18)16-11-5-4-6-14-15-11/h4-6,8,13H,3,7H2,1-2H3,(H,15,16). The van der Waals surface area contributed by atoms with Crippen LogP contribution in [0.25, 0.3) is 0 Å². The average molecular weight is 312 g/mol. The van der Waals surface area contributed by atoms with Crippen molar-refractivity contribution in [1.82, 2.24) is 15.5 Å². The van der Waals surface area contributed by atoms with E-state index in [2.05, 4.69) is 20.2 Å². The van der Waals surface area contributed by atoms with Crippen molar-refractivity contribution in [3.8, 4) is 0 Å². The van der Waals surface area contributed by atoms with E-state index < -0.39 is 10.0 Å². The predicted molar refractivity (Wildman–Crippen MR) is 79.3 cm³/mol. The van der Waals surface area contributed by atoms with E-state index in [9.17, 15) is 8.42 Å². The largest absolute Gasteiger partial charge is 0.312 e. The number of anilines is 1. The maximum atomic E-state index is 12.5. The van der Waals surface area contributed by atoms with Gasteiger partial charge in [-0.2, -0.15) is 5.10 Å². The Hall–Kier alpha value is -1.51. The Morgan fingerprint density at radius 3 is 2.85 bits per heavy atom. The number of hydrogen-bond donors (Lipinski definition) is 2. The second kappa shape index (κ2) is 6.29. The lowest BCUT2D eigenvalue weighted by atomic mass is 10.3. The third-order valence-electron chi connectivity index (χ3n) is 2.60. The van der Waals surface area contributed by atoms with Crippen LogP contribution in [0.4, 0.5) is 5.82 Å². The molecule has 0 unspecified atom stereocenters. The lowest BCUT2D eigenvalue weighted by molar-refractivity contribution is 0.598. The van der Waals surface area contributed by atoms with Crippen LogP contribution in [0.1, 0.15) is 17.4 Å². The second-order valence-electron chi connectivity index (χ2n) is 4.17. The Kier molecular flexibility index (Phi) is 4.69. The first-order valence-electron chi connectivity index (χ1n) is 6.12. The van der Waals surface area contributed by atoms with Crippen LogP contribution < -0.4 is 10.0 Å². The molecule has 0 aromatic carbocycles. The molecule has 0 aliphatic carbocycles. The van der Waals surface area contributed by atoms with E-state index in [4.69, 9.17) is 0 Å². The van der Waals surface area contributed by atoms with Crippen LogP contribution in [0, 0.1) is 6.92 Å². The van der Waals surface area contributed by atoms with Crippen molar-refractivity contribution in [3.05, 3.63) is 34.2 Å². The van der Waals surface area contributed by atoms with E-state index in [1.807, 2.05) is 12.3 Å². The summed E-state index contributed by atoms with van der Waals surface area (Å²) in [6, 6.07) is 3.20. The van der Waals surface area contributed by atoms with Crippen molar-refractivity contribution in [1.29, 1.82) is 0 Å². The fourth-order valence-corrected chi connectivity index (χ4v) is 4.53. The number of sulfonamides is 1. The summed E-state index contributed by atoms with van der Waals surface area (Å²) < 4.78 is 27.4. The summed E-state index contributed by atoms with van der Waals surface area (Å²) in [4.78, 5) is 1.12. The molecule has 2 rings (SSSR count). The zero-order valence-electron chi connectivity index (χ0n) is 11.3. The molecule has 2 heterocycles. The zero-order chi connectivity index (χ0) is 14.6. The van der Waals surface area contributed by atoms with Gasteiger partial charge in [0.2, 0.25) is 0 Å². The number of hydrogen-bond acceptors (Lipinski definition) is 6. The van der Waals surface area contributed by atoms with Gasteiger partial charge >= 0.3 is 0 Å². The molecule has 20 heavy (non-hydrogen) atoms. The third kappa shape index (κ3) is 3.33.